The Bertz CT molecular complexity index is 1230. The number of aldehydes is 1. The van der Waals surface area contributed by atoms with Crippen LogP contribution in [0.25, 0.3) is 0 Å². The maximum absolute atomic E-state index is 14.6. The highest BCUT2D eigenvalue weighted by atomic mass is 35.5. The lowest BCUT2D eigenvalue weighted by atomic mass is 9.87. The Balaban J connectivity index is 1.42. The standard InChI is InChI=1S/C28H33ClFN4OP/c1-18(10-14-35)32-19(2)33(3)22-6-7-25(24(29)17-22)34-12-8-20(9-13-34)15-21-16-26(36)27(30)23-5-4-11-31-28(21)23/h6-7,10-11,14,16-17,20H,4-5,8-9,12-13,15,36H2,1-3H3/b18-10-,32-19?. The summed E-state index contributed by atoms with van der Waals surface area (Å²) < 4.78 is 14.6. The van der Waals surface area contributed by atoms with Crippen molar-refractivity contribution in [3.8, 4) is 0 Å². The first-order valence-electron chi connectivity index (χ1n) is 12.4. The number of amidine groups is 1. The van der Waals surface area contributed by atoms with Gasteiger partial charge in [-0.15, -0.1) is 9.24 Å². The average molecular weight is 527 g/mol. The van der Waals surface area contributed by atoms with Crippen molar-refractivity contribution >= 4 is 61.5 Å². The third-order valence-electron chi connectivity index (χ3n) is 7.10. The van der Waals surface area contributed by atoms with Gasteiger partial charge < -0.3 is 9.80 Å². The molecule has 0 N–H and O–H groups in total. The van der Waals surface area contributed by atoms with Gasteiger partial charge in [-0.1, -0.05) is 11.6 Å². The summed E-state index contributed by atoms with van der Waals surface area (Å²) in [6.45, 7) is 5.55. The van der Waals surface area contributed by atoms with Crippen LogP contribution in [0.5, 0.6) is 0 Å². The van der Waals surface area contributed by atoms with Crippen LogP contribution in [-0.4, -0.2) is 38.5 Å². The smallest absolute Gasteiger partial charge is 0.144 e. The molecule has 5 nitrogen and oxygen atoms in total. The molecule has 0 amide bonds. The quantitative estimate of drug-likeness (QED) is 0.151. The topological polar surface area (TPSA) is 48.3 Å². The first kappa shape index (κ1) is 26.5. The van der Waals surface area contributed by atoms with Gasteiger partial charge in [-0.3, -0.25) is 9.79 Å². The molecular weight excluding hydrogens is 494 g/mol. The van der Waals surface area contributed by atoms with Crippen LogP contribution in [0.2, 0.25) is 5.02 Å². The highest BCUT2D eigenvalue weighted by Gasteiger charge is 2.25. The zero-order chi connectivity index (χ0) is 25.8. The number of anilines is 2. The highest BCUT2D eigenvalue weighted by Crippen LogP contribution is 2.36. The van der Waals surface area contributed by atoms with E-state index in [9.17, 15) is 9.18 Å². The van der Waals surface area contributed by atoms with Crippen LogP contribution in [-0.2, 0) is 17.6 Å². The Morgan fingerprint density at radius 3 is 2.75 bits per heavy atom. The van der Waals surface area contributed by atoms with E-state index in [-0.39, 0.29) is 5.82 Å². The second-order valence-corrected chi connectivity index (χ2v) is 10.6. The minimum Gasteiger partial charge on any atom is -0.370 e. The maximum atomic E-state index is 14.6. The van der Waals surface area contributed by atoms with E-state index in [2.05, 4.69) is 30.2 Å². The van der Waals surface area contributed by atoms with Crippen LogP contribution in [0.4, 0.5) is 21.5 Å². The van der Waals surface area contributed by atoms with Crippen LogP contribution in [0.15, 0.2) is 46.0 Å². The van der Waals surface area contributed by atoms with Crippen LogP contribution in [0, 0.1) is 11.7 Å². The van der Waals surface area contributed by atoms with Crippen molar-refractivity contribution in [3.63, 3.8) is 0 Å². The van der Waals surface area contributed by atoms with Gasteiger partial charge in [0.05, 0.1) is 16.4 Å². The molecule has 2 heterocycles. The highest BCUT2D eigenvalue weighted by molar-refractivity contribution is 7.27. The molecule has 1 fully saturated rings. The van der Waals surface area contributed by atoms with Crippen molar-refractivity contribution in [2.75, 3.05) is 29.9 Å². The summed E-state index contributed by atoms with van der Waals surface area (Å²) in [7, 11) is 4.48. The summed E-state index contributed by atoms with van der Waals surface area (Å²) in [5, 5.41) is 1.35. The predicted molar refractivity (Wildman–Crippen MR) is 154 cm³/mol. The van der Waals surface area contributed by atoms with Crippen molar-refractivity contribution in [3.05, 3.63) is 58.0 Å². The Morgan fingerprint density at radius 2 is 2.06 bits per heavy atom. The Labute approximate surface area is 220 Å². The third kappa shape index (κ3) is 5.87. The Morgan fingerprint density at radius 1 is 1.31 bits per heavy atom. The lowest BCUT2D eigenvalue weighted by Crippen LogP contribution is -2.34. The molecule has 0 aromatic heterocycles. The molecule has 2 aliphatic rings. The summed E-state index contributed by atoms with van der Waals surface area (Å²) in [4.78, 5) is 24.0. The number of aliphatic imine (C=N–C) groups is 2. The average Bonchev–Trinajstić information content (AvgIpc) is 2.87. The van der Waals surface area contributed by atoms with Gasteiger partial charge in [-0.2, -0.15) is 0 Å². The maximum Gasteiger partial charge on any atom is 0.144 e. The number of allylic oxidation sites excluding steroid dienone is 2. The van der Waals surface area contributed by atoms with Crippen molar-refractivity contribution < 1.29 is 9.18 Å². The molecular formula is C28H33ClFN4OP. The first-order valence-corrected chi connectivity index (χ1v) is 13.3. The molecule has 0 saturated carbocycles. The van der Waals surface area contributed by atoms with Gasteiger partial charge in [-0.05, 0) is 87.8 Å². The van der Waals surface area contributed by atoms with Gasteiger partial charge >= 0.3 is 0 Å². The SMILES string of the molecule is CC(=N/C(C)=C\C=O)N(C)c1ccc(N2CCC(Cc3cc(P)c(F)c4c3N=CCC4)CC2)c(Cl)c1. The number of carbonyl (C=O) groups excluding carboxylic acids is 1. The van der Waals surface area contributed by atoms with Crippen LogP contribution < -0.4 is 15.1 Å². The fourth-order valence-corrected chi connectivity index (χ4v) is 5.67. The zero-order valence-corrected chi connectivity index (χ0v) is 23.0. The second kappa shape index (κ2) is 11.7. The summed E-state index contributed by atoms with van der Waals surface area (Å²) in [6.07, 6.45) is 8.63. The number of benzene rings is 2. The second-order valence-electron chi connectivity index (χ2n) is 9.55. The van der Waals surface area contributed by atoms with E-state index in [0.29, 0.717) is 21.9 Å². The lowest BCUT2D eigenvalue weighted by molar-refractivity contribution is -0.104. The van der Waals surface area contributed by atoms with E-state index < -0.39 is 0 Å². The lowest BCUT2D eigenvalue weighted by Gasteiger charge is -2.35. The van der Waals surface area contributed by atoms with Crippen LogP contribution in [0.1, 0.15) is 44.2 Å². The molecule has 4 rings (SSSR count). The molecule has 0 radical (unpaired) electrons. The molecule has 2 aromatic rings. The third-order valence-corrected chi connectivity index (χ3v) is 7.82. The molecule has 0 bridgehead atoms. The summed E-state index contributed by atoms with van der Waals surface area (Å²) in [5.74, 6) is 1.18. The number of nitrogens with zero attached hydrogens (tertiary/aromatic N) is 4. The Hall–Kier alpha value is -2.56. The van der Waals surface area contributed by atoms with E-state index in [1.165, 1.54) is 6.08 Å². The summed E-state index contributed by atoms with van der Waals surface area (Å²) in [6, 6.07) is 8.04. The largest absolute Gasteiger partial charge is 0.370 e. The van der Waals surface area contributed by atoms with E-state index in [0.717, 1.165) is 85.5 Å². The van der Waals surface area contributed by atoms with Gasteiger partial charge in [0.2, 0.25) is 0 Å². The fraction of sp³-hybridized carbons (Fsp3) is 0.393. The minimum atomic E-state index is -0.122. The fourth-order valence-electron chi connectivity index (χ4n) is 5.00. The normalized spacial score (nSPS) is 16.8. The molecule has 190 valence electrons. The number of halogens is 2. The Kier molecular flexibility index (Phi) is 8.58. The van der Waals surface area contributed by atoms with Gasteiger partial charge in [0.25, 0.3) is 0 Å². The molecule has 0 spiro atoms. The van der Waals surface area contributed by atoms with Crippen LogP contribution in [0.3, 0.4) is 0 Å². The number of rotatable bonds is 6. The van der Waals surface area contributed by atoms with E-state index in [4.69, 9.17) is 11.6 Å². The molecule has 1 unspecified atom stereocenters. The van der Waals surface area contributed by atoms with Crippen molar-refractivity contribution in [2.24, 2.45) is 15.9 Å². The monoisotopic (exact) mass is 526 g/mol. The molecule has 1 atom stereocenters. The minimum absolute atomic E-state index is 0.122. The number of carbonyl (C=O) groups is 1. The summed E-state index contributed by atoms with van der Waals surface area (Å²) in [5.41, 5.74) is 5.41. The van der Waals surface area contributed by atoms with Gasteiger partial charge in [0.15, 0.2) is 0 Å². The molecule has 0 aliphatic carbocycles. The zero-order valence-electron chi connectivity index (χ0n) is 21.1. The van der Waals surface area contributed by atoms with Crippen LogP contribution >= 0.6 is 20.8 Å². The van der Waals surface area contributed by atoms with E-state index in [1.54, 1.807) is 6.92 Å². The number of fused-ring (bicyclic) bond motifs is 1. The van der Waals surface area contributed by atoms with Gasteiger partial charge in [0.1, 0.15) is 17.9 Å². The molecule has 1 saturated heterocycles. The van der Waals surface area contributed by atoms with Gasteiger partial charge in [-0.25, -0.2) is 9.38 Å². The van der Waals surface area contributed by atoms with Crippen molar-refractivity contribution in [1.82, 2.24) is 0 Å². The first-order chi connectivity index (χ1) is 17.3. The van der Waals surface area contributed by atoms with Crippen molar-refractivity contribution in [2.45, 2.75) is 46.0 Å². The number of piperidine rings is 1. The van der Waals surface area contributed by atoms with E-state index in [1.807, 2.05) is 43.3 Å². The molecule has 2 aromatic carbocycles. The molecule has 8 heteroatoms. The molecule has 2 aliphatic heterocycles. The number of hydrogen-bond donors (Lipinski definition) is 0. The predicted octanol–water partition coefficient (Wildman–Crippen LogP) is 6.04. The van der Waals surface area contributed by atoms with Crippen molar-refractivity contribution in [1.29, 1.82) is 0 Å². The number of hydrogen-bond acceptors (Lipinski definition) is 4. The van der Waals surface area contributed by atoms with Gasteiger partial charge in [0, 0.05) is 48.6 Å². The molecule has 36 heavy (non-hydrogen) atoms. The summed E-state index contributed by atoms with van der Waals surface area (Å²) >= 11 is 6.73. The van der Waals surface area contributed by atoms with E-state index >= 15 is 0 Å².